The standard InChI is InChI=1S/C15H22O/c1-11(2)15(3,16)14-9-5-8-13(10-14)12-6-4-7-12/h5,8-12,16H,4,6-7H2,1-3H3. The molecule has 1 heteroatoms. The van der Waals surface area contributed by atoms with Crippen molar-refractivity contribution in [2.75, 3.05) is 0 Å². The van der Waals surface area contributed by atoms with Gasteiger partial charge in [0, 0.05) is 0 Å². The van der Waals surface area contributed by atoms with Crippen molar-refractivity contribution in [3.05, 3.63) is 35.4 Å². The molecular weight excluding hydrogens is 196 g/mol. The highest BCUT2D eigenvalue weighted by atomic mass is 16.3. The largest absolute Gasteiger partial charge is 0.385 e. The van der Waals surface area contributed by atoms with E-state index in [4.69, 9.17) is 0 Å². The van der Waals surface area contributed by atoms with Crippen LogP contribution in [0.15, 0.2) is 24.3 Å². The maximum Gasteiger partial charge on any atom is 0.0891 e. The van der Waals surface area contributed by atoms with Crippen molar-refractivity contribution < 1.29 is 5.11 Å². The van der Waals surface area contributed by atoms with Crippen LogP contribution in [0.3, 0.4) is 0 Å². The molecule has 1 aliphatic carbocycles. The summed E-state index contributed by atoms with van der Waals surface area (Å²) in [5.41, 5.74) is 1.76. The van der Waals surface area contributed by atoms with Crippen molar-refractivity contribution >= 4 is 0 Å². The summed E-state index contributed by atoms with van der Waals surface area (Å²) in [5.74, 6) is 0.979. The van der Waals surface area contributed by atoms with Crippen LogP contribution >= 0.6 is 0 Å². The Morgan fingerprint density at radius 3 is 2.50 bits per heavy atom. The molecule has 1 N–H and O–H groups in total. The molecule has 1 aromatic carbocycles. The van der Waals surface area contributed by atoms with Crippen LogP contribution in [0.25, 0.3) is 0 Å². The second kappa shape index (κ2) is 4.21. The summed E-state index contributed by atoms with van der Waals surface area (Å²) in [7, 11) is 0. The molecule has 0 radical (unpaired) electrons. The molecule has 1 saturated carbocycles. The molecule has 0 aliphatic heterocycles. The van der Waals surface area contributed by atoms with Crippen LogP contribution in [0.2, 0.25) is 0 Å². The number of hydrogen-bond acceptors (Lipinski definition) is 1. The molecule has 0 bridgehead atoms. The Hall–Kier alpha value is -0.820. The zero-order valence-electron chi connectivity index (χ0n) is 10.5. The lowest BCUT2D eigenvalue weighted by Gasteiger charge is -2.31. The molecule has 0 saturated heterocycles. The second-order valence-electron chi connectivity index (χ2n) is 5.56. The van der Waals surface area contributed by atoms with Crippen molar-refractivity contribution in [3.8, 4) is 0 Å². The van der Waals surface area contributed by atoms with E-state index in [1.807, 2.05) is 13.0 Å². The molecule has 88 valence electrons. The van der Waals surface area contributed by atoms with Gasteiger partial charge in [-0.25, -0.2) is 0 Å². The van der Waals surface area contributed by atoms with E-state index < -0.39 is 5.60 Å². The van der Waals surface area contributed by atoms with Crippen LogP contribution in [0.4, 0.5) is 0 Å². The Kier molecular flexibility index (Phi) is 3.07. The van der Waals surface area contributed by atoms with Gasteiger partial charge >= 0.3 is 0 Å². The van der Waals surface area contributed by atoms with Gasteiger partial charge in [-0.2, -0.15) is 0 Å². The molecule has 1 nitrogen and oxygen atoms in total. The summed E-state index contributed by atoms with van der Waals surface area (Å²) in [6, 6.07) is 8.52. The number of hydrogen-bond donors (Lipinski definition) is 1. The Morgan fingerprint density at radius 1 is 1.31 bits per heavy atom. The Bertz CT molecular complexity index is 361. The summed E-state index contributed by atoms with van der Waals surface area (Å²) in [6.07, 6.45) is 3.98. The van der Waals surface area contributed by atoms with Crippen LogP contribution in [0, 0.1) is 5.92 Å². The molecule has 0 amide bonds. The van der Waals surface area contributed by atoms with Gasteiger partial charge in [-0.15, -0.1) is 0 Å². The highest BCUT2D eigenvalue weighted by molar-refractivity contribution is 5.31. The maximum absolute atomic E-state index is 10.5. The molecule has 16 heavy (non-hydrogen) atoms. The van der Waals surface area contributed by atoms with Gasteiger partial charge in [-0.1, -0.05) is 44.5 Å². The van der Waals surface area contributed by atoms with Gasteiger partial charge in [-0.3, -0.25) is 0 Å². The number of rotatable bonds is 3. The van der Waals surface area contributed by atoms with Crippen LogP contribution in [-0.2, 0) is 5.60 Å². The Morgan fingerprint density at radius 2 is 2.00 bits per heavy atom. The molecule has 0 spiro atoms. The first kappa shape index (κ1) is 11.7. The average Bonchev–Trinajstić information content (AvgIpc) is 2.15. The van der Waals surface area contributed by atoms with Gasteiger partial charge in [0.2, 0.25) is 0 Å². The zero-order chi connectivity index (χ0) is 11.8. The minimum absolute atomic E-state index is 0.240. The van der Waals surface area contributed by atoms with Gasteiger partial charge in [0.25, 0.3) is 0 Å². The molecule has 1 unspecified atom stereocenters. The van der Waals surface area contributed by atoms with Crippen molar-refractivity contribution in [2.45, 2.75) is 51.6 Å². The summed E-state index contributed by atoms with van der Waals surface area (Å²) < 4.78 is 0. The van der Waals surface area contributed by atoms with E-state index >= 15 is 0 Å². The van der Waals surface area contributed by atoms with Crippen molar-refractivity contribution in [3.63, 3.8) is 0 Å². The fourth-order valence-corrected chi connectivity index (χ4v) is 2.18. The highest BCUT2D eigenvalue weighted by Crippen LogP contribution is 2.38. The second-order valence-corrected chi connectivity index (χ2v) is 5.56. The van der Waals surface area contributed by atoms with E-state index in [9.17, 15) is 5.11 Å². The molecule has 1 aliphatic rings. The third-order valence-corrected chi connectivity index (χ3v) is 4.17. The quantitative estimate of drug-likeness (QED) is 0.817. The van der Waals surface area contributed by atoms with Crippen LogP contribution in [-0.4, -0.2) is 5.11 Å². The Balaban J connectivity index is 2.27. The van der Waals surface area contributed by atoms with Gasteiger partial charge < -0.3 is 5.11 Å². The zero-order valence-corrected chi connectivity index (χ0v) is 10.5. The van der Waals surface area contributed by atoms with Crippen molar-refractivity contribution in [1.29, 1.82) is 0 Å². The minimum atomic E-state index is -0.709. The molecule has 2 rings (SSSR count). The van der Waals surface area contributed by atoms with Crippen LogP contribution < -0.4 is 0 Å². The highest BCUT2D eigenvalue weighted by Gasteiger charge is 2.28. The van der Waals surface area contributed by atoms with Gasteiger partial charge in [-0.05, 0) is 42.7 Å². The summed E-state index contributed by atoms with van der Waals surface area (Å²) in [6.45, 7) is 6.05. The average molecular weight is 218 g/mol. The number of aliphatic hydroxyl groups is 1. The van der Waals surface area contributed by atoms with E-state index in [-0.39, 0.29) is 5.92 Å². The SMILES string of the molecule is CC(C)C(C)(O)c1cccc(C2CCC2)c1. The molecule has 1 aromatic rings. The topological polar surface area (TPSA) is 20.2 Å². The fourth-order valence-electron chi connectivity index (χ4n) is 2.18. The molecule has 1 atom stereocenters. The first-order valence-corrected chi connectivity index (χ1v) is 6.34. The van der Waals surface area contributed by atoms with Gasteiger partial charge in [0.15, 0.2) is 0 Å². The number of benzene rings is 1. The van der Waals surface area contributed by atoms with Gasteiger partial charge in [0.05, 0.1) is 5.60 Å². The van der Waals surface area contributed by atoms with Crippen LogP contribution in [0.1, 0.15) is 57.1 Å². The summed E-state index contributed by atoms with van der Waals surface area (Å²) >= 11 is 0. The molecule has 0 heterocycles. The lowest BCUT2D eigenvalue weighted by molar-refractivity contribution is 0.00893. The fraction of sp³-hybridized carbons (Fsp3) is 0.600. The van der Waals surface area contributed by atoms with Crippen LogP contribution in [0.5, 0.6) is 0 Å². The molecular formula is C15H22O. The minimum Gasteiger partial charge on any atom is -0.385 e. The monoisotopic (exact) mass is 218 g/mol. The summed E-state index contributed by atoms with van der Waals surface area (Å²) in [4.78, 5) is 0. The van der Waals surface area contributed by atoms with E-state index in [1.54, 1.807) is 0 Å². The van der Waals surface area contributed by atoms with Crippen molar-refractivity contribution in [2.24, 2.45) is 5.92 Å². The predicted molar refractivity (Wildman–Crippen MR) is 67.4 cm³/mol. The first-order valence-electron chi connectivity index (χ1n) is 6.34. The van der Waals surface area contributed by atoms with E-state index in [1.165, 1.54) is 24.8 Å². The third kappa shape index (κ3) is 2.01. The molecule has 0 aromatic heterocycles. The molecule has 1 fully saturated rings. The third-order valence-electron chi connectivity index (χ3n) is 4.17. The van der Waals surface area contributed by atoms with Crippen molar-refractivity contribution in [1.82, 2.24) is 0 Å². The normalized spacial score (nSPS) is 20.6. The lowest BCUT2D eigenvalue weighted by Crippen LogP contribution is -2.28. The van der Waals surface area contributed by atoms with E-state index in [0.717, 1.165) is 11.5 Å². The first-order chi connectivity index (χ1) is 7.51. The maximum atomic E-state index is 10.5. The van der Waals surface area contributed by atoms with Gasteiger partial charge in [0.1, 0.15) is 0 Å². The smallest absolute Gasteiger partial charge is 0.0891 e. The summed E-state index contributed by atoms with van der Waals surface area (Å²) in [5, 5.41) is 10.5. The predicted octanol–water partition coefficient (Wildman–Crippen LogP) is 3.82. The Labute approximate surface area is 98.5 Å². The van der Waals surface area contributed by atoms with E-state index in [2.05, 4.69) is 32.0 Å². The lowest BCUT2D eigenvalue weighted by atomic mass is 9.77. The van der Waals surface area contributed by atoms with E-state index in [0.29, 0.717) is 0 Å².